The van der Waals surface area contributed by atoms with Gasteiger partial charge in [0, 0.05) is 11.8 Å². The molecule has 164 valence electrons. The van der Waals surface area contributed by atoms with E-state index >= 15 is 0 Å². The van der Waals surface area contributed by atoms with Crippen LogP contribution in [0.4, 0.5) is 5.82 Å². The lowest BCUT2D eigenvalue weighted by atomic mass is 10.2. The topological polar surface area (TPSA) is 90.8 Å². The summed E-state index contributed by atoms with van der Waals surface area (Å²) in [6.07, 6.45) is 8.02. The van der Waals surface area contributed by atoms with Crippen LogP contribution >= 0.6 is 11.8 Å². The molecule has 0 aliphatic heterocycles. The Bertz CT molecular complexity index is 1210. The molecule has 3 heterocycles. The quantitative estimate of drug-likeness (QED) is 0.405. The number of carbonyl (C=O) groups is 1. The molecule has 3 aromatic heterocycles. The summed E-state index contributed by atoms with van der Waals surface area (Å²) >= 11 is 1.35. The summed E-state index contributed by atoms with van der Waals surface area (Å²) in [6.45, 7) is 1.90. The van der Waals surface area contributed by atoms with E-state index in [1.807, 2.05) is 58.6 Å². The lowest BCUT2D eigenvalue weighted by Gasteiger charge is -2.14. The lowest BCUT2D eigenvalue weighted by Crippen LogP contribution is -2.19. The molecule has 1 aromatic carbocycles. The van der Waals surface area contributed by atoms with E-state index in [0.717, 1.165) is 35.7 Å². The van der Waals surface area contributed by atoms with Gasteiger partial charge in [-0.15, -0.1) is 10.2 Å². The second-order valence-corrected chi connectivity index (χ2v) is 8.75. The predicted octanol–water partition coefficient (Wildman–Crippen LogP) is 4.88. The zero-order chi connectivity index (χ0) is 21.9. The van der Waals surface area contributed by atoms with E-state index in [1.54, 1.807) is 12.5 Å². The first-order valence-corrected chi connectivity index (χ1v) is 11.7. The van der Waals surface area contributed by atoms with Crippen molar-refractivity contribution in [2.24, 2.45) is 0 Å². The highest BCUT2D eigenvalue weighted by atomic mass is 32.2. The molecule has 4 aromatic rings. The minimum atomic E-state index is -0.0987. The number of benzene rings is 1. The molecule has 0 unspecified atom stereocenters. The third-order valence-corrected chi connectivity index (χ3v) is 6.62. The van der Waals surface area contributed by atoms with Crippen molar-refractivity contribution < 1.29 is 9.21 Å². The first-order chi connectivity index (χ1) is 15.7. The summed E-state index contributed by atoms with van der Waals surface area (Å²) < 4.78 is 9.37. The molecular weight excluding hydrogens is 424 g/mol. The van der Waals surface area contributed by atoms with Crippen molar-refractivity contribution in [3.8, 4) is 17.1 Å². The van der Waals surface area contributed by atoms with Gasteiger partial charge in [0.15, 0.2) is 11.0 Å². The van der Waals surface area contributed by atoms with Gasteiger partial charge in [-0.1, -0.05) is 42.8 Å². The summed E-state index contributed by atoms with van der Waals surface area (Å²) in [5, 5.41) is 16.9. The highest BCUT2D eigenvalue weighted by Crippen LogP contribution is 2.32. The van der Waals surface area contributed by atoms with Crippen LogP contribution < -0.4 is 5.32 Å². The fourth-order valence-corrected chi connectivity index (χ4v) is 4.88. The average Bonchev–Trinajstić information content (AvgIpc) is 3.59. The van der Waals surface area contributed by atoms with Crippen molar-refractivity contribution in [2.45, 2.75) is 43.8 Å². The number of thioether (sulfide) groups is 1. The van der Waals surface area contributed by atoms with Gasteiger partial charge in [0.25, 0.3) is 0 Å². The van der Waals surface area contributed by atoms with Gasteiger partial charge in [0.1, 0.15) is 11.6 Å². The van der Waals surface area contributed by atoms with Gasteiger partial charge in [-0.25, -0.2) is 4.68 Å². The molecule has 0 saturated heterocycles. The molecule has 0 atom stereocenters. The summed E-state index contributed by atoms with van der Waals surface area (Å²) in [6, 6.07) is 14.0. The van der Waals surface area contributed by atoms with E-state index in [0.29, 0.717) is 17.0 Å². The maximum atomic E-state index is 12.7. The molecule has 1 N–H and O–H groups in total. The first-order valence-electron chi connectivity index (χ1n) is 10.7. The number of nitrogens with one attached hydrogen (secondary N) is 1. The van der Waals surface area contributed by atoms with Crippen LogP contribution in [0, 0.1) is 6.92 Å². The van der Waals surface area contributed by atoms with Crippen LogP contribution in [0.5, 0.6) is 0 Å². The fourth-order valence-electron chi connectivity index (χ4n) is 4.13. The second kappa shape index (κ2) is 9.04. The highest BCUT2D eigenvalue weighted by Gasteiger charge is 2.22. The second-order valence-electron chi connectivity index (χ2n) is 7.80. The number of carbonyl (C=O) groups excluding carboxylic acids is 1. The van der Waals surface area contributed by atoms with E-state index in [2.05, 4.69) is 20.6 Å². The zero-order valence-electron chi connectivity index (χ0n) is 17.8. The standard InChI is InChI=1S/C23H24N6O2S/c1-16-19(12-14-31-16)22-26-27-23(28(22)17-7-3-2-4-8-17)32-15-21(30)25-20-11-13-24-29(20)18-9-5-6-10-18/h2-4,7-8,11-14,18H,5-6,9-10,15H2,1H3,(H,25,30). The Morgan fingerprint density at radius 3 is 2.72 bits per heavy atom. The molecule has 0 spiro atoms. The van der Waals surface area contributed by atoms with Gasteiger partial charge in [0.05, 0.1) is 29.8 Å². The van der Waals surface area contributed by atoms with Gasteiger partial charge in [0.2, 0.25) is 5.91 Å². The van der Waals surface area contributed by atoms with E-state index in [9.17, 15) is 4.79 Å². The van der Waals surface area contributed by atoms with Crippen LogP contribution in [0.15, 0.2) is 64.5 Å². The largest absolute Gasteiger partial charge is 0.469 e. The normalized spacial score (nSPS) is 14.2. The van der Waals surface area contributed by atoms with Crippen molar-refractivity contribution in [3.05, 3.63) is 60.7 Å². The third-order valence-electron chi connectivity index (χ3n) is 5.69. The van der Waals surface area contributed by atoms with Crippen LogP contribution in [0.25, 0.3) is 17.1 Å². The number of furan rings is 1. The van der Waals surface area contributed by atoms with Crippen molar-refractivity contribution in [1.82, 2.24) is 24.5 Å². The van der Waals surface area contributed by atoms with Gasteiger partial charge in [-0.3, -0.25) is 9.36 Å². The molecule has 1 amide bonds. The molecular formula is C23H24N6O2S. The molecule has 0 radical (unpaired) electrons. The van der Waals surface area contributed by atoms with Crippen molar-refractivity contribution in [3.63, 3.8) is 0 Å². The van der Waals surface area contributed by atoms with Gasteiger partial charge in [-0.05, 0) is 38.0 Å². The minimum absolute atomic E-state index is 0.0987. The monoisotopic (exact) mass is 448 g/mol. The molecule has 1 aliphatic rings. The Morgan fingerprint density at radius 2 is 1.97 bits per heavy atom. The Morgan fingerprint density at radius 1 is 1.16 bits per heavy atom. The van der Waals surface area contributed by atoms with Crippen LogP contribution in [0.1, 0.15) is 37.5 Å². The molecule has 5 rings (SSSR count). The van der Waals surface area contributed by atoms with Crippen LogP contribution in [0.2, 0.25) is 0 Å². The Balaban J connectivity index is 1.35. The first kappa shape index (κ1) is 20.6. The number of amides is 1. The van der Waals surface area contributed by atoms with E-state index < -0.39 is 0 Å². The van der Waals surface area contributed by atoms with Crippen LogP contribution in [-0.2, 0) is 4.79 Å². The number of para-hydroxylation sites is 1. The number of anilines is 1. The summed E-state index contributed by atoms with van der Waals surface area (Å²) in [7, 11) is 0. The van der Waals surface area contributed by atoms with E-state index in [4.69, 9.17) is 4.42 Å². The molecule has 8 nitrogen and oxygen atoms in total. The summed E-state index contributed by atoms with van der Waals surface area (Å²) in [5.41, 5.74) is 1.80. The smallest absolute Gasteiger partial charge is 0.235 e. The van der Waals surface area contributed by atoms with E-state index in [1.165, 1.54) is 24.6 Å². The predicted molar refractivity (Wildman–Crippen MR) is 123 cm³/mol. The highest BCUT2D eigenvalue weighted by molar-refractivity contribution is 7.99. The summed E-state index contributed by atoms with van der Waals surface area (Å²) in [5.74, 6) is 2.32. The molecule has 1 aliphatic carbocycles. The fraction of sp³-hybridized carbons (Fsp3) is 0.304. The Kier molecular flexibility index (Phi) is 5.81. The maximum Gasteiger partial charge on any atom is 0.235 e. The van der Waals surface area contributed by atoms with Crippen molar-refractivity contribution >= 4 is 23.5 Å². The molecule has 9 heteroatoms. The van der Waals surface area contributed by atoms with Gasteiger partial charge < -0.3 is 9.73 Å². The zero-order valence-corrected chi connectivity index (χ0v) is 18.6. The number of hydrogen-bond acceptors (Lipinski definition) is 6. The number of hydrogen-bond donors (Lipinski definition) is 1. The SMILES string of the molecule is Cc1occc1-c1nnc(SCC(=O)Nc2ccnn2C2CCCC2)n1-c1ccccc1. The van der Waals surface area contributed by atoms with Crippen LogP contribution in [0.3, 0.4) is 0 Å². The minimum Gasteiger partial charge on any atom is -0.469 e. The van der Waals surface area contributed by atoms with Crippen LogP contribution in [-0.4, -0.2) is 36.2 Å². The number of nitrogens with zero attached hydrogens (tertiary/aromatic N) is 5. The van der Waals surface area contributed by atoms with Crippen molar-refractivity contribution in [1.29, 1.82) is 0 Å². The summed E-state index contributed by atoms with van der Waals surface area (Å²) in [4.78, 5) is 12.7. The number of rotatable bonds is 7. The Labute approximate surface area is 190 Å². The van der Waals surface area contributed by atoms with Gasteiger partial charge >= 0.3 is 0 Å². The Hall–Kier alpha value is -3.33. The number of aryl methyl sites for hydroxylation is 1. The third kappa shape index (κ3) is 4.08. The van der Waals surface area contributed by atoms with E-state index in [-0.39, 0.29) is 11.7 Å². The molecule has 32 heavy (non-hydrogen) atoms. The molecule has 1 saturated carbocycles. The average molecular weight is 449 g/mol. The molecule has 1 fully saturated rings. The van der Waals surface area contributed by atoms with Crippen molar-refractivity contribution in [2.75, 3.05) is 11.1 Å². The molecule has 0 bridgehead atoms. The maximum absolute atomic E-state index is 12.7. The number of aromatic nitrogens is 5. The lowest BCUT2D eigenvalue weighted by molar-refractivity contribution is -0.113. The van der Waals surface area contributed by atoms with Gasteiger partial charge in [-0.2, -0.15) is 5.10 Å².